The van der Waals surface area contributed by atoms with E-state index < -0.39 is 5.97 Å². The highest BCUT2D eigenvalue weighted by Gasteiger charge is 2.26. The number of carbonyl (C=O) groups is 1. The number of ether oxygens (including phenoxy) is 1. The van der Waals surface area contributed by atoms with Crippen LogP contribution in [0.4, 0.5) is 0 Å². The number of nitrogens with zero attached hydrogens (tertiary/aromatic N) is 2. The Bertz CT molecular complexity index is 168. The van der Waals surface area contributed by atoms with Crippen LogP contribution in [0.3, 0.4) is 0 Å². The Morgan fingerprint density at radius 3 is 2.89 bits per heavy atom. The second-order valence-corrected chi connectivity index (χ2v) is 1.88. The molecule has 0 amide bonds. The minimum atomic E-state index is -0.569. The molecule has 0 bridgehead atoms. The molecule has 0 unspecified atom stereocenters. The van der Waals surface area contributed by atoms with Crippen LogP contribution in [0.1, 0.15) is 12.8 Å². The van der Waals surface area contributed by atoms with Crippen LogP contribution >= 0.6 is 0 Å². The second kappa shape index (κ2) is 2.42. The van der Waals surface area contributed by atoms with Gasteiger partial charge in [0.2, 0.25) is 0 Å². The molecule has 1 saturated carbocycles. The average Bonchev–Trinajstić information content (AvgIpc) is 2.50. The molecule has 0 aromatic heterocycles. The van der Waals surface area contributed by atoms with E-state index in [1.807, 2.05) is 0 Å². The molecule has 9 heavy (non-hydrogen) atoms. The minimum Gasteiger partial charge on any atom is -0.454 e. The summed E-state index contributed by atoms with van der Waals surface area (Å²) in [7, 11) is 0. The molecule has 1 aliphatic rings. The first-order valence-corrected chi connectivity index (χ1v) is 2.71. The topological polar surface area (TPSA) is 62.7 Å². The molecule has 1 rings (SSSR count). The summed E-state index contributed by atoms with van der Waals surface area (Å²) in [6.07, 6.45) is 2.70. The van der Waals surface area contributed by atoms with E-state index in [-0.39, 0.29) is 6.10 Å². The Labute approximate surface area is 52.1 Å². The highest BCUT2D eigenvalue weighted by molar-refractivity contribution is 6.20. The van der Waals surface area contributed by atoms with Crippen molar-refractivity contribution in [3.8, 4) is 0 Å². The molecule has 0 aliphatic heterocycles. The molecule has 0 spiro atoms. The van der Waals surface area contributed by atoms with Gasteiger partial charge in [-0.25, -0.2) is 4.79 Å². The minimum absolute atomic E-state index is 0.0792. The third-order valence-electron chi connectivity index (χ3n) is 0.970. The maximum Gasteiger partial charge on any atom is 0.413 e. The van der Waals surface area contributed by atoms with E-state index in [0.29, 0.717) is 0 Å². The Morgan fingerprint density at radius 2 is 2.44 bits per heavy atom. The number of rotatable bonds is 2. The zero-order valence-electron chi connectivity index (χ0n) is 4.78. The van der Waals surface area contributed by atoms with Crippen LogP contribution in [0.25, 0.3) is 5.53 Å². The van der Waals surface area contributed by atoms with Gasteiger partial charge in [0, 0.05) is 0 Å². The molecule has 1 fully saturated rings. The molecule has 0 aromatic rings. The van der Waals surface area contributed by atoms with Gasteiger partial charge in [-0.1, -0.05) is 0 Å². The Morgan fingerprint density at radius 1 is 1.78 bits per heavy atom. The molecule has 4 heteroatoms. The maximum atomic E-state index is 10.4. The number of hydrogen-bond donors (Lipinski definition) is 0. The summed E-state index contributed by atoms with van der Waals surface area (Å²) >= 11 is 0. The van der Waals surface area contributed by atoms with Crippen LogP contribution < -0.4 is 0 Å². The van der Waals surface area contributed by atoms with Gasteiger partial charge in [-0.3, -0.25) is 0 Å². The van der Waals surface area contributed by atoms with Gasteiger partial charge >= 0.3 is 12.2 Å². The molecule has 0 aromatic carbocycles. The SMILES string of the molecule is [N-]=[N+]=CC(=O)OC1CC1. The van der Waals surface area contributed by atoms with Crippen LogP contribution in [0.5, 0.6) is 0 Å². The zero-order valence-corrected chi connectivity index (χ0v) is 4.78. The molecule has 1 aliphatic carbocycles. The summed E-state index contributed by atoms with van der Waals surface area (Å²) in [6, 6.07) is 0. The molecular formula is C5H6N2O2. The molecule has 4 nitrogen and oxygen atoms in total. The maximum absolute atomic E-state index is 10.4. The zero-order chi connectivity index (χ0) is 6.69. The summed E-state index contributed by atoms with van der Waals surface area (Å²) in [6.45, 7) is 0. The van der Waals surface area contributed by atoms with Crippen molar-refractivity contribution < 1.29 is 14.3 Å². The van der Waals surface area contributed by atoms with Gasteiger partial charge in [-0.15, -0.1) is 0 Å². The highest BCUT2D eigenvalue weighted by Crippen LogP contribution is 2.22. The largest absolute Gasteiger partial charge is 0.454 e. The van der Waals surface area contributed by atoms with Crippen LogP contribution in [-0.2, 0) is 9.53 Å². The summed E-state index contributed by atoms with van der Waals surface area (Å²) in [5.41, 5.74) is 7.84. The summed E-state index contributed by atoms with van der Waals surface area (Å²) < 4.78 is 4.65. The molecule has 0 heterocycles. The fourth-order valence-corrected chi connectivity index (χ4v) is 0.428. The summed E-state index contributed by atoms with van der Waals surface area (Å²) in [5, 5.41) is 0. The lowest BCUT2D eigenvalue weighted by atomic mass is 10.7. The van der Waals surface area contributed by atoms with E-state index in [4.69, 9.17) is 5.53 Å². The third-order valence-corrected chi connectivity index (χ3v) is 0.970. The van der Waals surface area contributed by atoms with E-state index in [1.54, 1.807) is 0 Å². The van der Waals surface area contributed by atoms with Crippen molar-refractivity contribution in [2.24, 2.45) is 0 Å². The van der Waals surface area contributed by atoms with Crippen LogP contribution in [0, 0.1) is 0 Å². The van der Waals surface area contributed by atoms with Crippen molar-refractivity contribution in [3.63, 3.8) is 0 Å². The predicted octanol–water partition coefficient (Wildman–Crippen LogP) is -0.00740. The number of carbonyl (C=O) groups excluding carboxylic acids is 1. The molecule has 0 N–H and O–H groups in total. The van der Waals surface area contributed by atoms with Gasteiger partial charge in [-0.05, 0) is 12.8 Å². The monoisotopic (exact) mass is 126 g/mol. The first-order chi connectivity index (χ1) is 4.33. The van der Waals surface area contributed by atoms with Crippen LogP contribution in [-0.4, -0.2) is 23.1 Å². The van der Waals surface area contributed by atoms with Crippen molar-refractivity contribution in [2.45, 2.75) is 18.9 Å². The van der Waals surface area contributed by atoms with Gasteiger partial charge < -0.3 is 10.3 Å². The fourth-order valence-electron chi connectivity index (χ4n) is 0.428. The van der Waals surface area contributed by atoms with Crippen molar-refractivity contribution in [3.05, 3.63) is 5.53 Å². The van der Waals surface area contributed by atoms with Gasteiger partial charge in [0.05, 0.1) is 0 Å². The summed E-state index contributed by atoms with van der Waals surface area (Å²) in [4.78, 5) is 12.9. The summed E-state index contributed by atoms with van der Waals surface area (Å²) in [5.74, 6) is -0.569. The smallest absolute Gasteiger partial charge is 0.413 e. The quantitative estimate of drug-likeness (QED) is 0.226. The van der Waals surface area contributed by atoms with E-state index in [9.17, 15) is 4.79 Å². The second-order valence-electron chi connectivity index (χ2n) is 1.88. The molecule has 0 saturated heterocycles. The van der Waals surface area contributed by atoms with E-state index >= 15 is 0 Å². The van der Waals surface area contributed by atoms with Gasteiger partial charge in [0.15, 0.2) is 0 Å². The van der Waals surface area contributed by atoms with E-state index in [0.717, 1.165) is 19.1 Å². The lowest BCUT2D eigenvalue weighted by Crippen LogP contribution is -2.07. The molecule has 48 valence electrons. The standard InChI is InChI=1S/C5H6N2O2/c6-7-3-5(8)9-4-1-2-4/h3-4H,1-2H2. The van der Waals surface area contributed by atoms with Crippen molar-refractivity contribution in [1.29, 1.82) is 0 Å². The Balaban J connectivity index is 2.24. The van der Waals surface area contributed by atoms with Crippen molar-refractivity contribution >= 4 is 12.2 Å². The highest BCUT2D eigenvalue weighted by atomic mass is 16.5. The number of hydrogen-bond acceptors (Lipinski definition) is 2. The first-order valence-electron chi connectivity index (χ1n) is 2.71. The number of esters is 1. The normalized spacial score (nSPS) is 16.0. The molecule has 0 radical (unpaired) electrons. The van der Waals surface area contributed by atoms with Gasteiger partial charge in [-0.2, -0.15) is 4.79 Å². The van der Waals surface area contributed by atoms with Crippen LogP contribution in [0.15, 0.2) is 0 Å². The Hall–Kier alpha value is -1.15. The molecule has 0 atom stereocenters. The van der Waals surface area contributed by atoms with Gasteiger partial charge in [0.1, 0.15) is 6.10 Å². The lowest BCUT2D eigenvalue weighted by molar-refractivity contribution is -0.140. The average molecular weight is 126 g/mol. The van der Waals surface area contributed by atoms with Gasteiger partial charge in [0.25, 0.3) is 0 Å². The predicted molar refractivity (Wildman–Crippen MR) is 28.8 cm³/mol. The lowest BCUT2D eigenvalue weighted by Gasteiger charge is -1.89. The van der Waals surface area contributed by atoms with Crippen LogP contribution in [0.2, 0.25) is 0 Å². The molecular weight excluding hydrogens is 120 g/mol. The van der Waals surface area contributed by atoms with E-state index in [1.165, 1.54) is 0 Å². The van der Waals surface area contributed by atoms with Crippen molar-refractivity contribution in [2.75, 3.05) is 0 Å². The van der Waals surface area contributed by atoms with E-state index in [2.05, 4.69) is 9.53 Å². The Kier molecular flexibility index (Phi) is 1.60. The third kappa shape index (κ3) is 2.06. The van der Waals surface area contributed by atoms with Crippen molar-refractivity contribution in [1.82, 2.24) is 0 Å². The fraction of sp³-hybridized carbons (Fsp3) is 0.600. The first kappa shape index (κ1) is 5.98.